The number of carbonyl (C=O) groups excluding carboxylic acids is 4. The van der Waals surface area contributed by atoms with E-state index in [4.69, 9.17) is 9.47 Å². The molecule has 0 spiro atoms. The number of carbonyl (C=O) groups is 4. The number of imide groups is 1. The smallest absolute Gasteiger partial charge is 0.316 e. The van der Waals surface area contributed by atoms with Crippen molar-refractivity contribution in [1.82, 2.24) is 0 Å². The van der Waals surface area contributed by atoms with Gasteiger partial charge in [-0.15, -0.1) is 0 Å². The van der Waals surface area contributed by atoms with Crippen LogP contribution < -0.4 is 19.3 Å². The quantitative estimate of drug-likeness (QED) is 0.372. The lowest BCUT2D eigenvalue weighted by Crippen LogP contribution is -2.30. The van der Waals surface area contributed by atoms with Crippen molar-refractivity contribution >= 4 is 35.1 Å². The van der Waals surface area contributed by atoms with Gasteiger partial charge in [0.1, 0.15) is 11.5 Å². The summed E-state index contributed by atoms with van der Waals surface area (Å²) in [6.45, 7) is 2.32. The molecule has 2 heterocycles. The Balaban J connectivity index is 1.25. The molecule has 8 heteroatoms. The molecule has 0 bridgehead atoms. The van der Waals surface area contributed by atoms with Gasteiger partial charge in [0.15, 0.2) is 0 Å². The molecule has 0 aromatic heterocycles. The van der Waals surface area contributed by atoms with E-state index in [1.165, 1.54) is 12.0 Å². The molecule has 8 nitrogen and oxygen atoms in total. The van der Waals surface area contributed by atoms with E-state index in [1.54, 1.807) is 41.3 Å². The topological polar surface area (TPSA) is 93.2 Å². The van der Waals surface area contributed by atoms with Crippen molar-refractivity contribution in [2.24, 2.45) is 23.7 Å². The number of methoxy groups -OCH3 is 1. The zero-order chi connectivity index (χ0) is 24.7. The number of hydrogen-bond acceptors (Lipinski definition) is 6. The number of esters is 1. The highest BCUT2D eigenvalue weighted by atomic mass is 16.5. The average molecular weight is 477 g/mol. The summed E-state index contributed by atoms with van der Waals surface area (Å²) in [4.78, 5) is 54.0. The van der Waals surface area contributed by atoms with E-state index in [-0.39, 0.29) is 42.5 Å². The fourth-order valence-electron chi connectivity index (χ4n) is 5.46. The molecule has 3 aliphatic rings. The molecule has 2 saturated heterocycles. The van der Waals surface area contributed by atoms with Gasteiger partial charge >= 0.3 is 5.97 Å². The Bertz CT molecular complexity index is 1180. The number of anilines is 2. The van der Waals surface area contributed by atoms with Crippen LogP contribution in [-0.2, 0) is 19.2 Å². The highest BCUT2D eigenvalue weighted by Crippen LogP contribution is 2.42. The first-order valence-corrected chi connectivity index (χ1v) is 12.0. The van der Waals surface area contributed by atoms with E-state index in [0.29, 0.717) is 28.8 Å². The molecule has 0 radical (unpaired) electrons. The maximum absolute atomic E-state index is 12.9. The number of rotatable bonds is 5. The molecule has 2 aromatic carbocycles. The van der Waals surface area contributed by atoms with E-state index < -0.39 is 11.9 Å². The lowest BCUT2D eigenvalue weighted by molar-refractivity contribution is -0.139. The number of para-hydroxylation sites is 2. The number of fused-ring (bicyclic) bond motifs is 1. The van der Waals surface area contributed by atoms with Gasteiger partial charge in [-0.25, -0.2) is 0 Å². The van der Waals surface area contributed by atoms with Crippen LogP contribution in [0.3, 0.4) is 0 Å². The van der Waals surface area contributed by atoms with Crippen LogP contribution in [-0.4, -0.2) is 37.3 Å². The summed E-state index contributed by atoms with van der Waals surface area (Å²) in [7, 11) is 1.53. The Morgan fingerprint density at radius 1 is 0.943 bits per heavy atom. The number of ether oxygens (including phenoxy) is 2. The van der Waals surface area contributed by atoms with Crippen LogP contribution in [0.15, 0.2) is 48.5 Å². The zero-order valence-electron chi connectivity index (χ0n) is 19.8. The van der Waals surface area contributed by atoms with Crippen molar-refractivity contribution in [3.63, 3.8) is 0 Å². The third-order valence-corrected chi connectivity index (χ3v) is 7.34. The summed E-state index contributed by atoms with van der Waals surface area (Å²) >= 11 is 0. The minimum absolute atomic E-state index is 0.0486. The predicted octanol–water partition coefficient (Wildman–Crippen LogP) is 3.58. The molecule has 5 rings (SSSR count). The Labute approximate surface area is 203 Å². The lowest BCUT2D eigenvalue weighted by atomic mass is 9.76. The van der Waals surface area contributed by atoms with Crippen LogP contribution in [0.1, 0.15) is 32.6 Å². The predicted molar refractivity (Wildman–Crippen MR) is 128 cm³/mol. The fraction of sp³-hybridized carbons (Fsp3) is 0.407. The SMILES string of the molecule is COc1ccccc1N1C[C@H](C(=O)Oc2ccc(N3C(=O)[C@@H]4CC[C@@H](C)C[C@H]4C3=O)cc2)CC1=O. The molecular weight excluding hydrogens is 448 g/mol. The Morgan fingerprint density at radius 3 is 2.40 bits per heavy atom. The van der Waals surface area contributed by atoms with Crippen molar-refractivity contribution in [2.45, 2.75) is 32.6 Å². The van der Waals surface area contributed by atoms with Crippen LogP contribution in [0.4, 0.5) is 11.4 Å². The Hall–Kier alpha value is -3.68. The fourth-order valence-corrected chi connectivity index (χ4v) is 5.46. The summed E-state index contributed by atoms with van der Waals surface area (Å²) in [6.07, 6.45) is 2.50. The Kier molecular flexibility index (Phi) is 6.05. The van der Waals surface area contributed by atoms with E-state index in [9.17, 15) is 19.2 Å². The summed E-state index contributed by atoms with van der Waals surface area (Å²) in [6, 6.07) is 13.6. The van der Waals surface area contributed by atoms with Gasteiger partial charge in [-0.05, 0) is 61.6 Å². The standard InChI is InChI=1S/C27H28N2O6/c1-16-7-12-20-21(13-16)26(32)29(25(20)31)18-8-10-19(11-9-18)35-27(33)17-14-24(30)28(15-17)22-5-3-4-6-23(22)34-2/h3-6,8-11,16-17,20-21H,7,12-15H2,1-2H3/t16-,17-,20-,21-/m1/s1. The number of hydrogen-bond donors (Lipinski definition) is 0. The molecule has 2 aliphatic heterocycles. The van der Waals surface area contributed by atoms with Gasteiger partial charge in [0.2, 0.25) is 17.7 Å². The van der Waals surface area contributed by atoms with Crippen molar-refractivity contribution < 1.29 is 28.7 Å². The summed E-state index contributed by atoms with van der Waals surface area (Å²) < 4.78 is 10.9. The van der Waals surface area contributed by atoms with Crippen molar-refractivity contribution in [2.75, 3.05) is 23.5 Å². The highest BCUT2D eigenvalue weighted by Gasteiger charge is 2.50. The van der Waals surface area contributed by atoms with Gasteiger partial charge < -0.3 is 14.4 Å². The lowest BCUT2D eigenvalue weighted by Gasteiger charge is -2.25. The van der Waals surface area contributed by atoms with Gasteiger partial charge in [-0.3, -0.25) is 24.1 Å². The maximum Gasteiger partial charge on any atom is 0.316 e. The van der Waals surface area contributed by atoms with Crippen molar-refractivity contribution in [1.29, 1.82) is 0 Å². The number of benzene rings is 2. The van der Waals surface area contributed by atoms with Gasteiger partial charge in [0.05, 0.1) is 36.2 Å². The van der Waals surface area contributed by atoms with Crippen LogP contribution >= 0.6 is 0 Å². The zero-order valence-corrected chi connectivity index (χ0v) is 19.8. The monoisotopic (exact) mass is 476 g/mol. The van der Waals surface area contributed by atoms with E-state index >= 15 is 0 Å². The van der Waals surface area contributed by atoms with E-state index in [0.717, 1.165) is 19.3 Å². The van der Waals surface area contributed by atoms with Crippen molar-refractivity contribution in [3.05, 3.63) is 48.5 Å². The second-order valence-corrected chi connectivity index (χ2v) is 9.64. The molecule has 1 saturated carbocycles. The summed E-state index contributed by atoms with van der Waals surface area (Å²) in [5.41, 5.74) is 1.11. The highest BCUT2D eigenvalue weighted by molar-refractivity contribution is 6.22. The van der Waals surface area contributed by atoms with Crippen LogP contribution in [0.2, 0.25) is 0 Å². The molecule has 182 valence electrons. The van der Waals surface area contributed by atoms with Crippen LogP contribution in [0, 0.1) is 23.7 Å². The molecule has 1 aliphatic carbocycles. The first-order valence-electron chi connectivity index (χ1n) is 12.0. The van der Waals surface area contributed by atoms with Gasteiger partial charge in [0.25, 0.3) is 0 Å². The van der Waals surface area contributed by atoms with Crippen molar-refractivity contribution in [3.8, 4) is 11.5 Å². The molecule has 35 heavy (non-hydrogen) atoms. The summed E-state index contributed by atoms with van der Waals surface area (Å²) in [5.74, 6) is -0.745. The second kappa shape index (κ2) is 9.17. The van der Waals surface area contributed by atoms with Gasteiger partial charge in [-0.1, -0.05) is 19.1 Å². The minimum atomic E-state index is -0.612. The molecule has 2 aromatic rings. The Morgan fingerprint density at radius 2 is 1.66 bits per heavy atom. The summed E-state index contributed by atoms with van der Waals surface area (Å²) in [5, 5.41) is 0. The first kappa shape index (κ1) is 23.1. The maximum atomic E-state index is 12.9. The molecule has 0 unspecified atom stereocenters. The molecular formula is C27H28N2O6. The molecule has 0 N–H and O–H groups in total. The number of amides is 3. The first-order chi connectivity index (χ1) is 16.9. The normalized spacial score (nSPS) is 26.2. The molecule has 3 amide bonds. The second-order valence-electron chi connectivity index (χ2n) is 9.64. The van der Waals surface area contributed by atoms with Crippen LogP contribution in [0.5, 0.6) is 11.5 Å². The van der Waals surface area contributed by atoms with E-state index in [1.807, 2.05) is 12.1 Å². The average Bonchev–Trinajstić information content (AvgIpc) is 3.36. The number of nitrogens with zero attached hydrogens (tertiary/aromatic N) is 2. The minimum Gasteiger partial charge on any atom is -0.495 e. The van der Waals surface area contributed by atoms with E-state index in [2.05, 4.69) is 6.92 Å². The largest absolute Gasteiger partial charge is 0.495 e. The van der Waals surface area contributed by atoms with Crippen LogP contribution in [0.25, 0.3) is 0 Å². The third kappa shape index (κ3) is 4.17. The molecule has 4 atom stereocenters. The van der Waals surface area contributed by atoms with Gasteiger partial charge in [-0.2, -0.15) is 0 Å². The third-order valence-electron chi connectivity index (χ3n) is 7.34. The van der Waals surface area contributed by atoms with Gasteiger partial charge in [0, 0.05) is 13.0 Å². The molecule has 3 fully saturated rings.